The zero-order chi connectivity index (χ0) is 16.5. The molecule has 1 aromatic carbocycles. The van der Waals surface area contributed by atoms with E-state index in [-0.39, 0.29) is 28.2 Å². The second kappa shape index (κ2) is 6.19. The Kier molecular flexibility index (Phi) is 4.69. The predicted octanol–water partition coefficient (Wildman–Crippen LogP) is 2.52. The number of fused-ring (bicyclic) bond motifs is 1. The van der Waals surface area contributed by atoms with E-state index < -0.39 is 27.5 Å². The van der Waals surface area contributed by atoms with Crippen LogP contribution < -0.4 is 9.47 Å². The third kappa shape index (κ3) is 3.37. The van der Waals surface area contributed by atoms with Gasteiger partial charge in [0, 0.05) is 22.6 Å². The van der Waals surface area contributed by atoms with Gasteiger partial charge in [-0.2, -0.15) is 8.42 Å². The zero-order valence-corrected chi connectivity index (χ0v) is 13.4. The Morgan fingerprint density at radius 3 is 2.55 bits per heavy atom. The fourth-order valence-electron chi connectivity index (χ4n) is 1.92. The monoisotopic (exact) mass is 348 g/mol. The quantitative estimate of drug-likeness (QED) is 0.637. The largest absolute Gasteiger partial charge is 0.493 e. The van der Waals surface area contributed by atoms with E-state index in [1.807, 2.05) is 0 Å². The van der Waals surface area contributed by atoms with E-state index in [0.29, 0.717) is 4.70 Å². The molecular formula is C13H13FO6S2. The Hall–Kier alpha value is -1.71. The van der Waals surface area contributed by atoms with E-state index in [0.717, 1.165) is 11.3 Å². The summed E-state index contributed by atoms with van der Waals surface area (Å²) in [6.07, 6.45) is -0.373. The number of hydrogen-bond acceptors (Lipinski definition) is 6. The summed E-state index contributed by atoms with van der Waals surface area (Å²) >= 11 is 1.02. The van der Waals surface area contributed by atoms with Gasteiger partial charge in [-0.1, -0.05) is 0 Å². The van der Waals surface area contributed by atoms with E-state index in [1.54, 1.807) is 6.07 Å². The summed E-state index contributed by atoms with van der Waals surface area (Å²) in [5, 5.41) is 0.192. The molecule has 6 nitrogen and oxygen atoms in total. The van der Waals surface area contributed by atoms with Crippen LogP contribution in [0.15, 0.2) is 12.1 Å². The third-order valence-corrected chi connectivity index (χ3v) is 4.81. The topological polar surface area (TPSA) is 89.9 Å². The van der Waals surface area contributed by atoms with Gasteiger partial charge in [0.25, 0.3) is 10.1 Å². The van der Waals surface area contributed by atoms with E-state index in [2.05, 4.69) is 0 Å². The van der Waals surface area contributed by atoms with Gasteiger partial charge >= 0.3 is 0 Å². The number of benzene rings is 1. The minimum absolute atomic E-state index is 0.0651. The maximum atomic E-state index is 14.3. The van der Waals surface area contributed by atoms with Crippen molar-refractivity contribution in [2.75, 3.05) is 20.0 Å². The molecule has 0 aliphatic carbocycles. The predicted molar refractivity (Wildman–Crippen MR) is 80.3 cm³/mol. The Morgan fingerprint density at radius 2 is 2.00 bits per heavy atom. The van der Waals surface area contributed by atoms with Crippen molar-refractivity contribution in [3.63, 3.8) is 0 Å². The highest BCUT2D eigenvalue weighted by atomic mass is 32.2. The van der Waals surface area contributed by atoms with Crippen molar-refractivity contribution in [2.45, 2.75) is 6.42 Å². The number of thiophene rings is 1. The molecule has 0 unspecified atom stereocenters. The molecule has 22 heavy (non-hydrogen) atoms. The lowest BCUT2D eigenvalue weighted by atomic mass is 10.2. The fourth-order valence-corrected chi connectivity index (χ4v) is 3.42. The molecule has 0 saturated carbocycles. The molecule has 9 heteroatoms. The second-order valence-electron chi connectivity index (χ2n) is 4.41. The summed E-state index contributed by atoms with van der Waals surface area (Å²) in [6, 6.07) is 2.88. The number of hydrogen-bond donors (Lipinski definition) is 1. The number of halogens is 1. The number of ketones is 1. The van der Waals surface area contributed by atoms with Crippen molar-refractivity contribution in [3.8, 4) is 11.5 Å². The van der Waals surface area contributed by atoms with Crippen LogP contribution in [-0.2, 0) is 10.1 Å². The van der Waals surface area contributed by atoms with Crippen LogP contribution in [-0.4, -0.2) is 38.7 Å². The van der Waals surface area contributed by atoms with Crippen molar-refractivity contribution in [2.24, 2.45) is 0 Å². The molecule has 2 rings (SSSR count). The minimum Gasteiger partial charge on any atom is -0.493 e. The molecule has 0 aliphatic heterocycles. The van der Waals surface area contributed by atoms with Crippen LogP contribution in [0.1, 0.15) is 16.1 Å². The van der Waals surface area contributed by atoms with Crippen LogP contribution in [0.5, 0.6) is 11.5 Å². The first-order chi connectivity index (χ1) is 10.3. The SMILES string of the molecule is COc1cc2sc(C(=O)CCS(=O)(=O)O)cc2c(F)c1OC. The molecule has 2 aromatic rings. The Morgan fingerprint density at radius 1 is 1.32 bits per heavy atom. The van der Waals surface area contributed by atoms with E-state index in [9.17, 15) is 17.6 Å². The molecule has 120 valence electrons. The van der Waals surface area contributed by atoms with Gasteiger partial charge in [-0.3, -0.25) is 9.35 Å². The van der Waals surface area contributed by atoms with Crippen molar-refractivity contribution in [1.29, 1.82) is 0 Å². The number of rotatable bonds is 6. The molecule has 0 amide bonds. The highest BCUT2D eigenvalue weighted by Gasteiger charge is 2.20. The van der Waals surface area contributed by atoms with E-state index in [1.165, 1.54) is 20.3 Å². The molecule has 0 bridgehead atoms. The number of carbonyl (C=O) groups excluding carboxylic acids is 1. The van der Waals surface area contributed by atoms with Crippen LogP contribution in [0.2, 0.25) is 0 Å². The van der Waals surface area contributed by atoms with Crippen LogP contribution in [0.3, 0.4) is 0 Å². The maximum Gasteiger partial charge on any atom is 0.265 e. The maximum absolute atomic E-state index is 14.3. The lowest BCUT2D eigenvalue weighted by molar-refractivity contribution is 0.0992. The summed E-state index contributed by atoms with van der Waals surface area (Å²) in [6.45, 7) is 0. The van der Waals surface area contributed by atoms with Crippen LogP contribution in [0, 0.1) is 5.82 Å². The fraction of sp³-hybridized carbons (Fsp3) is 0.308. The highest BCUT2D eigenvalue weighted by Crippen LogP contribution is 2.39. The summed E-state index contributed by atoms with van der Waals surface area (Å²) < 4.78 is 54.8. The van der Waals surface area contributed by atoms with Crippen molar-refractivity contribution < 1.29 is 31.6 Å². The molecule has 1 heterocycles. The Labute approximate surface area is 130 Å². The first-order valence-corrected chi connectivity index (χ1v) is 8.51. The van der Waals surface area contributed by atoms with E-state index >= 15 is 0 Å². The standard InChI is InChI=1S/C13H13FO6S2/c1-19-9-6-10-7(12(14)13(9)20-2)5-11(21-10)8(15)3-4-22(16,17)18/h5-6H,3-4H2,1-2H3,(H,16,17,18). The second-order valence-corrected chi connectivity index (χ2v) is 7.06. The smallest absolute Gasteiger partial charge is 0.265 e. The molecule has 0 aliphatic rings. The summed E-state index contributed by atoms with van der Waals surface area (Å²) in [5.41, 5.74) is 0. The first-order valence-electron chi connectivity index (χ1n) is 6.09. The number of ether oxygens (including phenoxy) is 2. The number of methoxy groups -OCH3 is 2. The van der Waals surface area contributed by atoms with Gasteiger partial charge in [-0.15, -0.1) is 11.3 Å². The average Bonchev–Trinajstić information content (AvgIpc) is 2.88. The van der Waals surface area contributed by atoms with Crippen molar-refractivity contribution in [3.05, 3.63) is 22.8 Å². The van der Waals surface area contributed by atoms with Crippen LogP contribution >= 0.6 is 11.3 Å². The van der Waals surface area contributed by atoms with Gasteiger partial charge in [-0.25, -0.2) is 4.39 Å². The first kappa shape index (κ1) is 16.7. The Balaban J connectivity index is 2.42. The molecule has 0 atom stereocenters. The summed E-state index contributed by atoms with van der Waals surface area (Å²) in [4.78, 5) is 12.1. The van der Waals surface area contributed by atoms with Gasteiger partial charge in [0.15, 0.2) is 23.1 Å². The van der Waals surface area contributed by atoms with Crippen LogP contribution in [0.4, 0.5) is 4.39 Å². The molecule has 1 aromatic heterocycles. The molecular weight excluding hydrogens is 335 g/mol. The van der Waals surface area contributed by atoms with Gasteiger partial charge in [-0.05, 0) is 6.07 Å². The van der Waals surface area contributed by atoms with Crippen LogP contribution in [0.25, 0.3) is 10.1 Å². The Bertz CT molecular complexity index is 825. The number of carbonyl (C=O) groups is 1. The molecule has 0 radical (unpaired) electrons. The lowest BCUT2D eigenvalue weighted by Crippen LogP contribution is -2.09. The van der Waals surface area contributed by atoms with Crippen molar-refractivity contribution in [1.82, 2.24) is 0 Å². The molecule has 1 N–H and O–H groups in total. The normalized spacial score (nSPS) is 11.6. The van der Waals surface area contributed by atoms with Gasteiger partial charge in [0.1, 0.15) is 0 Å². The average molecular weight is 348 g/mol. The lowest BCUT2D eigenvalue weighted by Gasteiger charge is -2.08. The molecule has 0 fully saturated rings. The highest BCUT2D eigenvalue weighted by molar-refractivity contribution is 7.85. The molecule has 0 spiro atoms. The molecule has 0 saturated heterocycles. The summed E-state index contributed by atoms with van der Waals surface area (Å²) in [5.74, 6) is -1.68. The van der Waals surface area contributed by atoms with Gasteiger partial charge in [0.05, 0.1) is 24.8 Å². The van der Waals surface area contributed by atoms with Gasteiger partial charge < -0.3 is 9.47 Å². The van der Waals surface area contributed by atoms with Crippen molar-refractivity contribution >= 4 is 37.3 Å². The minimum atomic E-state index is -4.22. The third-order valence-electron chi connectivity index (χ3n) is 2.97. The van der Waals surface area contributed by atoms with E-state index in [4.69, 9.17) is 14.0 Å². The zero-order valence-electron chi connectivity index (χ0n) is 11.8. The summed E-state index contributed by atoms with van der Waals surface area (Å²) in [7, 11) is -1.54. The van der Waals surface area contributed by atoms with Gasteiger partial charge in [0.2, 0.25) is 0 Å². The number of Topliss-reactive ketones (excluding diaryl/α,β-unsaturated/α-hetero) is 1.